The largest absolute Gasteiger partial charge is 0.495 e. The van der Waals surface area contributed by atoms with E-state index in [-0.39, 0.29) is 11.9 Å². The molecule has 128 valence electrons. The van der Waals surface area contributed by atoms with E-state index in [1.54, 1.807) is 7.11 Å². The molecule has 1 aromatic carbocycles. The van der Waals surface area contributed by atoms with E-state index < -0.39 is 0 Å². The lowest BCUT2D eigenvalue weighted by Gasteiger charge is -2.36. The maximum absolute atomic E-state index is 12.3. The predicted molar refractivity (Wildman–Crippen MR) is 94.8 cm³/mol. The molecule has 0 saturated heterocycles. The number of ether oxygens (including phenoxy) is 1. The highest BCUT2D eigenvalue weighted by atomic mass is 16.5. The minimum atomic E-state index is 0.0195. The number of hydrogen-bond donors (Lipinski definition) is 2. The van der Waals surface area contributed by atoms with Crippen molar-refractivity contribution in [2.45, 2.75) is 58.5 Å². The molecule has 4 heteroatoms. The number of hydrogen-bond acceptors (Lipinski definition) is 3. The molecule has 23 heavy (non-hydrogen) atoms. The molecule has 1 aliphatic rings. The molecule has 2 rings (SSSR count). The molecule has 4 atom stereocenters. The Morgan fingerprint density at radius 1 is 1.30 bits per heavy atom. The molecule has 0 aromatic heterocycles. The third-order valence-electron chi connectivity index (χ3n) is 5.08. The highest BCUT2D eigenvalue weighted by Crippen LogP contribution is 2.30. The summed E-state index contributed by atoms with van der Waals surface area (Å²) in [5.74, 6) is 2.14. The highest BCUT2D eigenvalue weighted by Gasteiger charge is 2.28. The average molecular weight is 318 g/mol. The van der Waals surface area contributed by atoms with Crippen LogP contribution in [-0.2, 0) is 4.79 Å². The van der Waals surface area contributed by atoms with Gasteiger partial charge in [0, 0.05) is 18.5 Å². The Labute approximate surface area is 140 Å². The summed E-state index contributed by atoms with van der Waals surface area (Å²) in [4.78, 5) is 12.3. The Hall–Kier alpha value is -1.55. The lowest BCUT2D eigenvalue weighted by atomic mass is 9.78. The van der Waals surface area contributed by atoms with Crippen LogP contribution in [0.15, 0.2) is 24.3 Å². The fourth-order valence-corrected chi connectivity index (χ4v) is 3.47. The van der Waals surface area contributed by atoms with E-state index in [0.717, 1.165) is 11.6 Å². The van der Waals surface area contributed by atoms with Gasteiger partial charge in [0.25, 0.3) is 0 Å². The van der Waals surface area contributed by atoms with Gasteiger partial charge in [0.05, 0.1) is 12.8 Å². The number of para-hydroxylation sites is 2. The second kappa shape index (κ2) is 8.34. The molecule has 0 aliphatic heterocycles. The molecule has 0 radical (unpaired) electrons. The van der Waals surface area contributed by atoms with E-state index in [0.29, 0.717) is 24.1 Å². The number of carbonyl (C=O) groups excluding carboxylic acids is 1. The van der Waals surface area contributed by atoms with E-state index in [1.165, 1.54) is 19.3 Å². The molecule has 2 N–H and O–H groups in total. The molecule has 1 aromatic rings. The molecule has 1 saturated carbocycles. The number of rotatable bonds is 6. The van der Waals surface area contributed by atoms with Gasteiger partial charge in [0.15, 0.2) is 0 Å². The zero-order valence-corrected chi connectivity index (χ0v) is 14.8. The topological polar surface area (TPSA) is 50.4 Å². The second-order valence-corrected chi connectivity index (χ2v) is 6.89. The molecular weight excluding hydrogens is 288 g/mol. The number of methoxy groups -OCH3 is 1. The van der Waals surface area contributed by atoms with Gasteiger partial charge < -0.3 is 15.4 Å². The number of benzene rings is 1. The van der Waals surface area contributed by atoms with Gasteiger partial charge in [-0.3, -0.25) is 4.79 Å². The van der Waals surface area contributed by atoms with Crippen LogP contribution in [0, 0.1) is 11.8 Å². The molecule has 1 fully saturated rings. The number of amides is 1. The van der Waals surface area contributed by atoms with E-state index in [1.807, 2.05) is 24.3 Å². The first-order valence-electron chi connectivity index (χ1n) is 8.70. The summed E-state index contributed by atoms with van der Waals surface area (Å²) in [7, 11) is 1.61. The van der Waals surface area contributed by atoms with Gasteiger partial charge in [0.2, 0.25) is 5.91 Å². The van der Waals surface area contributed by atoms with E-state index >= 15 is 0 Å². The lowest BCUT2D eigenvalue weighted by Crippen LogP contribution is -2.45. The smallest absolute Gasteiger partial charge is 0.226 e. The van der Waals surface area contributed by atoms with Crippen molar-refractivity contribution in [3.8, 4) is 5.75 Å². The summed E-state index contributed by atoms with van der Waals surface area (Å²) in [5, 5.41) is 6.60. The fourth-order valence-electron chi connectivity index (χ4n) is 3.47. The third kappa shape index (κ3) is 4.96. The summed E-state index contributed by atoms with van der Waals surface area (Å²) in [6.45, 7) is 6.74. The Balaban J connectivity index is 1.85. The van der Waals surface area contributed by atoms with E-state index in [9.17, 15) is 4.79 Å². The number of nitrogens with one attached hydrogen (secondary N) is 2. The van der Waals surface area contributed by atoms with E-state index in [4.69, 9.17) is 4.74 Å². The van der Waals surface area contributed by atoms with Gasteiger partial charge in [-0.2, -0.15) is 0 Å². The Bertz CT molecular complexity index is 518. The standard InChI is InChI=1S/C19H30N2O2/c1-13-8-7-10-16(15(13)3)20-14(2)12-19(22)21-17-9-5-6-11-18(17)23-4/h5-6,9,11,13-16,20H,7-8,10,12H2,1-4H3,(H,21,22)/t13-,14+,15-,16+/m1/s1. The van der Waals surface area contributed by atoms with Crippen LogP contribution in [0.3, 0.4) is 0 Å². The van der Waals surface area contributed by atoms with Crippen LogP contribution >= 0.6 is 0 Å². The van der Waals surface area contributed by atoms with Crippen molar-refractivity contribution in [3.05, 3.63) is 24.3 Å². The lowest BCUT2D eigenvalue weighted by molar-refractivity contribution is -0.116. The molecular formula is C19H30N2O2. The van der Waals surface area contributed by atoms with Crippen LogP contribution in [0.5, 0.6) is 5.75 Å². The molecule has 0 unspecified atom stereocenters. The van der Waals surface area contributed by atoms with Crippen molar-refractivity contribution < 1.29 is 9.53 Å². The first kappa shape index (κ1) is 17.8. The molecule has 0 spiro atoms. The van der Waals surface area contributed by atoms with E-state index in [2.05, 4.69) is 31.4 Å². The zero-order chi connectivity index (χ0) is 16.8. The van der Waals surface area contributed by atoms with Crippen LogP contribution in [0.1, 0.15) is 46.5 Å². The average Bonchev–Trinajstić information content (AvgIpc) is 2.52. The Morgan fingerprint density at radius 2 is 2.04 bits per heavy atom. The molecule has 0 bridgehead atoms. The monoisotopic (exact) mass is 318 g/mol. The van der Waals surface area contributed by atoms with Gasteiger partial charge in [0.1, 0.15) is 5.75 Å². The maximum atomic E-state index is 12.3. The highest BCUT2D eigenvalue weighted by molar-refractivity contribution is 5.92. The van der Waals surface area contributed by atoms with Crippen LogP contribution in [-0.4, -0.2) is 25.1 Å². The third-order valence-corrected chi connectivity index (χ3v) is 5.08. The van der Waals surface area contributed by atoms with Gasteiger partial charge in [-0.15, -0.1) is 0 Å². The summed E-state index contributed by atoms with van der Waals surface area (Å²) < 4.78 is 5.27. The van der Waals surface area contributed by atoms with Crippen molar-refractivity contribution in [2.75, 3.05) is 12.4 Å². The summed E-state index contributed by atoms with van der Waals surface area (Å²) in [6.07, 6.45) is 4.28. The van der Waals surface area contributed by atoms with Crippen molar-refractivity contribution in [2.24, 2.45) is 11.8 Å². The predicted octanol–water partition coefficient (Wildman–Crippen LogP) is 3.83. The van der Waals surface area contributed by atoms with Crippen molar-refractivity contribution in [1.82, 2.24) is 5.32 Å². The minimum absolute atomic E-state index is 0.0195. The summed E-state index contributed by atoms with van der Waals surface area (Å²) in [5.41, 5.74) is 0.729. The molecule has 1 amide bonds. The number of anilines is 1. The Kier molecular flexibility index (Phi) is 6.46. The van der Waals surface area contributed by atoms with Crippen LogP contribution in [0.2, 0.25) is 0 Å². The van der Waals surface area contributed by atoms with Crippen molar-refractivity contribution in [1.29, 1.82) is 0 Å². The molecule has 4 nitrogen and oxygen atoms in total. The normalized spacial score (nSPS) is 25.7. The number of carbonyl (C=O) groups is 1. The van der Waals surface area contributed by atoms with Crippen molar-refractivity contribution in [3.63, 3.8) is 0 Å². The van der Waals surface area contributed by atoms with Gasteiger partial charge in [-0.1, -0.05) is 38.8 Å². The van der Waals surface area contributed by atoms with Gasteiger partial charge in [-0.25, -0.2) is 0 Å². The second-order valence-electron chi connectivity index (χ2n) is 6.89. The quantitative estimate of drug-likeness (QED) is 0.838. The van der Waals surface area contributed by atoms with Gasteiger partial charge >= 0.3 is 0 Å². The fraction of sp³-hybridized carbons (Fsp3) is 0.632. The SMILES string of the molecule is COc1ccccc1NC(=O)C[C@H](C)N[C@H]1CCC[C@@H](C)[C@H]1C. The van der Waals surface area contributed by atoms with Crippen LogP contribution in [0.4, 0.5) is 5.69 Å². The molecule has 0 heterocycles. The summed E-state index contributed by atoms with van der Waals surface area (Å²) in [6, 6.07) is 8.19. The first-order chi connectivity index (χ1) is 11.0. The summed E-state index contributed by atoms with van der Waals surface area (Å²) >= 11 is 0. The van der Waals surface area contributed by atoms with Crippen LogP contribution in [0.25, 0.3) is 0 Å². The van der Waals surface area contributed by atoms with Crippen molar-refractivity contribution >= 4 is 11.6 Å². The first-order valence-corrected chi connectivity index (χ1v) is 8.70. The maximum Gasteiger partial charge on any atom is 0.226 e. The van der Waals surface area contributed by atoms with Crippen LogP contribution < -0.4 is 15.4 Å². The van der Waals surface area contributed by atoms with Gasteiger partial charge in [-0.05, 0) is 37.3 Å². The zero-order valence-electron chi connectivity index (χ0n) is 14.8. The Morgan fingerprint density at radius 3 is 2.78 bits per heavy atom. The minimum Gasteiger partial charge on any atom is -0.495 e. The molecule has 1 aliphatic carbocycles.